The summed E-state index contributed by atoms with van der Waals surface area (Å²) in [4.78, 5) is 45.7. The topological polar surface area (TPSA) is 148 Å². The van der Waals surface area contributed by atoms with Crippen molar-refractivity contribution in [2.24, 2.45) is 5.92 Å². The normalized spacial score (nSPS) is 14.0. The van der Waals surface area contributed by atoms with Gasteiger partial charge in [-0.2, -0.15) is 13.2 Å². The maximum atomic E-state index is 14.0. The summed E-state index contributed by atoms with van der Waals surface area (Å²) < 4.78 is 45.8. The van der Waals surface area contributed by atoms with E-state index in [9.17, 15) is 31.9 Å². The predicted octanol–water partition coefficient (Wildman–Crippen LogP) is 0.0486. The molecule has 1 aliphatic heterocycles. The van der Waals surface area contributed by atoms with Crippen LogP contribution in [0, 0.1) is 24.1 Å². The minimum atomic E-state index is -5.08. The van der Waals surface area contributed by atoms with Gasteiger partial charge in [0.1, 0.15) is 11.7 Å². The summed E-state index contributed by atoms with van der Waals surface area (Å²) in [6, 6.07) is 4.28. The number of hydrogen-bond donors (Lipinski definition) is 5. The van der Waals surface area contributed by atoms with Crippen LogP contribution in [0.2, 0.25) is 0 Å². The lowest BCUT2D eigenvalue weighted by molar-refractivity contribution is -0.192. The first kappa shape index (κ1) is 28.2. The van der Waals surface area contributed by atoms with Crippen molar-refractivity contribution in [2.45, 2.75) is 6.18 Å². The molecule has 34 heavy (non-hydrogen) atoms. The number of carbonyl (C=O) groups is 4. The highest BCUT2D eigenvalue weighted by Crippen LogP contribution is 2.19. The number of rotatable bonds is 7. The molecule has 5 N–H and O–H groups in total. The van der Waals surface area contributed by atoms with E-state index in [1.54, 1.807) is 6.07 Å². The summed E-state index contributed by atoms with van der Waals surface area (Å²) in [7, 11) is 0. The number of nitrogens with zero attached hydrogens (tertiary/aromatic N) is 1. The lowest BCUT2D eigenvalue weighted by atomic mass is 10.1. The van der Waals surface area contributed by atoms with Crippen molar-refractivity contribution in [3.05, 3.63) is 29.6 Å². The van der Waals surface area contributed by atoms with Gasteiger partial charge in [-0.05, 0) is 18.2 Å². The molecule has 0 saturated carbocycles. The zero-order chi connectivity index (χ0) is 25.9. The molecule has 1 saturated heterocycles. The molecule has 1 aromatic rings. The number of benzene rings is 1. The summed E-state index contributed by atoms with van der Waals surface area (Å²) in [5, 5.41) is 23.8. The number of piperazine rings is 1. The van der Waals surface area contributed by atoms with Crippen LogP contribution in [0.5, 0.6) is 0 Å². The lowest BCUT2D eigenvalue weighted by Gasteiger charge is -2.29. The molecule has 0 spiro atoms. The zero-order valence-corrected chi connectivity index (χ0v) is 17.6. The van der Waals surface area contributed by atoms with Gasteiger partial charge in [-0.3, -0.25) is 14.4 Å². The van der Waals surface area contributed by atoms with Gasteiger partial charge in [0.2, 0.25) is 5.91 Å². The monoisotopic (exact) mass is 490 g/mol. The molecular weight excluding hydrogens is 468 g/mol. The summed E-state index contributed by atoms with van der Waals surface area (Å²) in [5.74, 6) is -5.15. The number of carboxylic acid groups (broad SMARTS) is 2. The van der Waals surface area contributed by atoms with Crippen LogP contribution in [0.4, 0.5) is 23.2 Å². The predicted molar refractivity (Wildman–Crippen MR) is 110 cm³/mol. The van der Waals surface area contributed by atoms with Crippen molar-refractivity contribution >= 4 is 29.4 Å². The lowest BCUT2D eigenvalue weighted by Crippen LogP contribution is -2.43. The highest BCUT2D eigenvalue weighted by Gasteiger charge is 2.38. The zero-order valence-electron chi connectivity index (χ0n) is 17.6. The van der Waals surface area contributed by atoms with E-state index in [-0.39, 0.29) is 12.1 Å². The molecule has 1 aliphatic rings. The Morgan fingerprint density at radius 3 is 2.24 bits per heavy atom. The molecule has 10 nitrogen and oxygen atoms in total. The van der Waals surface area contributed by atoms with Crippen LogP contribution in [0.1, 0.15) is 10.4 Å². The number of carboxylic acids is 2. The Kier molecular flexibility index (Phi) is 10.8. The van der Waals surface area contributed by atoms with Crippen LogP contribution in [-0.2, 0) is 14.4 Å². The van der Waals surface area contributed by atoms with Gasteiger partial charge in [0.05, 0.1) is 12.1 Å². The van der Waals surface area contributed by atoms with Gasteiger partial charge in [0.25, 0.3) is 5.91 Å². The average Bonchev–Trinajstić information content (AvgIpc) is 2.78. The summed E-state index contributed by atoms with van der Waals surface area (Å²) in [6.07, 6.45) is -0.0344. The van der Waals surface area contributed by atoms with Crippen molar-refractivity contribution in [1.29, 1.82) is 0 Å². The first-order valence-electron chi connectivity index (χ1n) is 9.66. The Bertz CT molecular complexity index is 942. The van der Waals surface area contributed by atoms with Crippen LogP contribution in [-0.4, -0.2) is 79.4 Å². The molecule has 0 unspecified atom stereocenters. The van der Waals surface area contributed by atoms with E-state index in [1.165, 1.54) is 12.1 Å². The van der Waals surface area contributed by atoms with E-state index in [0.29, 0.717) is 0 Å². The number of nitrogens with one attached hydrogen (secondary N) is 3. The second kappa shape index (κ2) is 13.0. The summed E-state index contributed by atoms with van der Waals surface area (Å²) in [6.45, 7) is 2.41. The number of carbonyl (C=O) groups excluding carboxylic acids is 2. The van der Waals surface area contributed by atoms with Gasteiger partial charge in [0.15, 0.2) is 0 Å². The largest absolute Gasteiger partial charge is 0.490 e. The number of amides is 2. The number of alkyl halides is 3. The quantitative estimate of drug-likeness (QED) is 0.266. The van der Waals surface area contributed by atoms with Crippen LogP contribution in [0.15, 0.2) is 18.2 Å². The first-order chi connectivity index (χ1) is 15.9. The summed E-state index contributed by atoms with van der Waals surface area (Å²) >= 11 is 0. The highest BCUT2D eigenvalue weighted by atomic mass is 19.4. The van der Waals surface area contributed by atoms with Crippen LogP contribution < -0.4 is 20.9 Å². The Morgan fingerprint density at radius 2 is 1.74 bits per heavy atom. The van der Waals surface area contributed by atoms with Gasteiger partial charge in [-0.25, -0.2) is 9.18 Å². The average molecular weight is 490 g/mol. The van der Waals surface area contributed by atoms with Gasteiger partial charge in [-0.1, -0.05) is 5.92 Å². The van der Waals surface area contributed by atoms with Crippen molar-refractivity contribution in [1.82, 2.24) is 16.0 Å². The number of halogens is 4. The molecule has 1 aromatic carbocycles. The number of terminal acetylenes is 1. The standard InChI is InChI=1S/C18H21FN4O4.C2HF3O2/c1-2-12(18(26)27)10-21-16(24)11-22-17(25)14-9-13(3-4-15(14)19)23-7-5-20-6-8-23;3-2(4,5)1(6)7/h1,3-4,9,12,20H,5-8,10-11H2,(H,21,24)(H,22,25)(H,26,27);(H,6,7)/t12-;/m0./s1. The molecule has 2 rings (SSSR count). The smallest absolute Gasteiger partial charge is 0.480 e. The summed E-state index contributed by atoms with van der Waals surface area (Å²) in [5.41, 5.74) is 0.566. The molecule has 2 amide bonds. The van der Waals surface area contributed by atoms with Crippen molar-refractivity contribution < 1.29 is 47.0 Å². The van der Waals surface area contributed by atoms with Crippen LogP contribution in [0.3, 0.4) is 0 Å². The van der Waals surface area contributed by atoms with Gasteiger partial charge in [-0.15, -0.1) is 6.42 Å². The number of hydrogen-bond acceptors (Lipinski definition) is 6. The van der Waals surface area contributed by atoms with E-state index < -0.39 is 48.2 Å². The maximum Gasteiger partial charge on any atom is 0.490 e. The van der Waals surface area contributed by atoms with E-state index in [0.717, 1.165) is 31.9 Å². The van der Waals surface area contributed by atoms with E-state index in [2.05, 4.69) is 16.0 Å². The minimum absolute atomic E-state index is 0.161. The van der Waals surface area contributed by atoms with E-state index in [1.807, 2.05) is 10.8 Å². The van der Waals surface area contributed by atoms with Crippen molar-refractivity contribution in [2.75, 3.05) is 44.2 Å². The van der Waals surface area contributed by atoms with Gasteiger partial charge in [0, 0.05) is 38.4 Å². The SMILES string of the molecule is C#C[C@@H](CNC(=O)CNC(=O)c1cc(N2CCNCC2)ccc1F)C(=O)O.O=C(O)C(F)(F)F. The molecule has 0 bridgehead atoms. The molecule has 0 radical (unpaired) electrons. The minimum Gasteiger partial charge on any atom is -0.480 e. The molecule has 186 valence electrons. The van der Waals surface area contributed by atoms with E-state index in [4.69, 9.17) is 21.4 Å². The number of anilines is 1. The van der Waals surface area contributed by atoms with Crippen LogP contribution >= 0.6 is 0 Å². The Balaban J connectivity index is 0.000000718. The fourth-order valence-electron chi connectivity index (χ4n) is 2.56. The molecular formula is C20H22F4N4O6. The fourth-order valence-corrected chi connectivity index (χ4v) is 2.56. The first-order valence-corrected chi connectivity index (χ1v) is 9.66. The third-order valence-corrected chi connectivity index (χ3v) is 4.33. The van der Waals surface area contributed by atoms with Gasteiger partial charge >= 0.3 is 18.1 Å². The maximum absolute atomic E-state index is 14.0. The molecule has 0 aromatic heterocycles. The Hall–Kier alpha value is -3.86. The van der Waals surface area contributed by atoms with Crippen LogP contribution in [0.25, 0.3) is 0 Å². The third-order valence-electron chi connectivity index (χ3n) is 4.33. The fraction of sp³-hybridized carbons (Fsp3) is 0.400. The van der Waals surface area contributed by atoms with E-state index >= 15 is 0 Å². The van der Waals surface area contributed by atoms with Gasteiger partial charge < -0.3 is 31.1 Å². The molecule has 1 fully saturated rings. The number of aliphatic carboxylic acids is 2. The van der Waals surface area contributed by atoms with Crippen molar-refractivity contribution in [3.63, 3.8) is 0 Å². The Labute approximate surface area is 191 Å². The second-order valence-corrected chi connectivity index (χ2v) is 6.75. The highest BCUT2D eigenvalue weighted by molar-refractivity contribution is 5.97. The third kappa shape index (κ3) is 9.33. The molecule has 1 atom stereocenters. The molecule has 1 heterocycles. The molecule has 14 heteroatoms. The Morgan fingerprint density at radius 1 is 1.15 bits per heavy atom. The molecule has 0 aliphatic carbocycles. The second-order valence-electron chi connectivity index (χ2n) is 6.75. The van der Waals surface area contributed by atoms with Crippen molar-refractivity contribution in [3.8, 4) is 12.3 Å².